The summed E-state index contributed by atoms with van der Waals surface area (Å²) in [5, 5.41) is 5.46. The molecule has 2 atom stereocenters. The number of carbonyl (C=O) groups is 2. The third-order valence-corrected chi connectivity index (χ3v) is 2.89. The molecule has 1 fully saturated rings. The maximum absolute atomic E-state index is 11.7. The zero-order chi connectivity index (χ0) is 13.4. The van der Waals surface area contributed by atoms with Gasteiger partial charge in [0, 0.05) is 26.1 Å². The second-order valence-corrected chi connectivity index (χ2v) is 4.45. The number of carbonyl (C=O) groups excluding carboxylic acids is 2. The van der Waals surface area contributed by atoms with E-state index in [1.54, 1.807) is 0 Å². The highest BCUT2D eigenvalue weighted by molar-refractivity contribution is 5.85. The van der Waals surface area contributed by atoms with E-state index in [1.165, 1.54) is 0 Å². The molecular formula is C12H24ClN3O3. The summed E-state index contributed by atoms with van der Waals surface area (Å²) in [7, 11) is 0. The van der Waals surface area contributed by atoms with Gasteiger partial charge in [0.2, 0.25) is 11.8 Å². The third kappa shape index (κ3) is 6.75. The Morgan fingerprint density at radius 1 is 1.26 bits per heavy atom. The van der Waals surface area contributed by atoms with Gasteiger partial charge in [-0.25, -0.2) is 0 Å². The van der Waals surface area contributed by atoms with E-state index in [2.05, 4.69) is 10.6 Å². The molecule has 0 aromatic heterocycles. The van der Waals surface area contributed by atoms with Gasteiger partial charge in [0.15, 0.2) is 0 Å². The molecule has 1 aliphatic heterocycles. The fourth-order valence-electron chi connectivity index (χ4n) is 1.84. The first kappa shape index (κ1) is 18.1. The fraction of sp³-hybridized carbons (Fsp3) is 0.833. The van der Waals surface area contributed by atoms with E-state index >= 15 is 0 Å². The fourth-order valence-corrected chi connectivity index (χ4v) is 1.84. The topological polar surface area (TPSA) is 93.5 Å². The van der Waals surface area contributed by atoms with E-state index in [-0.39, 0.29) is 30.3 Å². The molecule has 0 unspecified atom stereocenters. The Labute approximate surface area is 120 Å². The summed E-state index contributed by atoms with van der Waals surface area (Å²) in [6.45, 7) is 3.47. The number of hydrogen-bond donors (Lipinski definition) is 3. The quantitative estimate of drug-likeness (QED) is 0.613. The first-order valence-electron chi connectivity index (χ1n) is 6.57. The van der Waals surface area contributed by atoms with Crippen molar-refractivity contribution in [2.24, 2.45) is 5.73 Å². The van der Waals surface area contributed by atoms with Crippen LogP contribution in [-0.4, -0.2) is 43.7 Å². The van der Waals surface area contributed by atoms with Crippen LogP contribution in [0.25, 0.3) is 0 Å². The van der Waals surface area contributed by atoms with Crippen LogP contribution in [0.1, 0.15) is 32.6 Å². The van der Waals surface area contributed by atoms with Crippen molar-refractivity contribution >= 4 is 24.2 Å². The van der Waals surface area contributed by atoms with E-state index in [9.17, 15) is 9.59 Å². The molecule has 0 aromatic rings. The highest BCUT2D eigenvalue weighted by Gasteiger charge is 2.29. The zero-order valence-electron chi connectivity index (χ0n) is 11.3. The van der Waals surface area contributed by atoms with E-state index in [1.807, 2.05) is 6.92 Å². The summed E-state index contributed by atoms with van der Waals surface area (Å²) in [4.78, 5) is 23.0. The molecule has 6 nitrogen and oxygen atoms in total. The van der Waals surface area contributed by atoms with Crippen molar-refractivity contribution in [1.82, 2.24) is 10.6 Å². The molecule has 0 aliphatic carbocycles. The van der Waals surface area contributed by atoms with Gasteiger partial charge in [-0.1, -0.05) is 6.92 Å². The largest absolute Gasteiger partial charge is 0.364 e. The minimum absolute atomic E-state index is 0. The number of halogens is 1. The van der Waals surface area contributed by atoms with Gasteiger partial charge in [-0.3, -0.25) is 9.59 Å². The van der Waals surface area contributed by atoms with Crippen LogP contribution in [0.4, 0.5) is 0 Å². The van der Waals surface area contributed by atoms with Crippen molar-refractivity contribution < 1.29 is 14.3 Å². The van der Waals surface area contributed by atoms with Crippen LogP contribution in [-0.2, 0) is 14.3 Å². The molecule has 0 aromatic carbocycles. The average molecular weight is 294 g/mol. The Hall–Kier alpha value is -0.850. The molecule has 19 heavy (non-hydrogen) atoms. The van der Waals surface area contributed by atoms with Gasteiger partial charge in [-0.2, -0.15) is 0 Å². The molecule has 7 heteroatoms. The number of ether oxygens (including phenoxy) is 1. The minimum Gasteiger partial charge on any atom is -0.364 e. The summed E-state index contributed by atoms with van der Waals surface area (Å²) in [6, 6.07) is 0. The molecule has 4 N–H and O–H groups in total. The van der Waals surface area contributed by atoms with Crippen molar-refractivity contribution in [3.63, 3.8) is 0 Å². The SMILES string of the molecule is CCCNC(=O)CCNC(=O)[C@@H]1CC[C@H](CN)O1.Cl. The van der Waals surface area contributed by atoms with Crippen LogP contribution in [0.3, 0.4) is 0 Å². The Bertz CT molecular complexity index is 289. The van der Waals surface area contributed by atoms with Crippen LogP contribution in [0.5, 0.6) is 0 Å². The standard InChI is InChI=1S/C12H23N3O3.ClH/c1-2-6-14-11(16)5-7-15-12(17)10-4-3-9(8-13)18-10;/h9-10H,2-8,13H2,1H3,(H,14,16)(H,15,17);1H/t9-,10+;/m1./s1. The van der Waals surface area contributed by atoms with Crippen molar-refractivity contribution in [2.75, 3.05) is 19.6 Å². The lowest BCUT2D eigenvalue weighted by Gasteiger charge is -2.12. The van der Waals surface area contributed by atoms with Gasteiger partial charge >= 0.3 is 0 Å². The van der Waals surface area contributed by atoms with Crippen molar-refractivity contribution in [3.8, 4) is 0 Å². The summed E-state index contributed by atoms with van der Waals surface area (Å²) >= 11 is 0. The lowest BCUT2D eigenvalue weighted by molar-refractivity contribution is -0.131. The molecule has 1 saturated heterocycles. The Kier molecular flexibility index (Phi) is 9.55. The molecule has 0 spiro atoms. The van der Waals surface area contributed by atoms with E-state index in [0.29, 0.717) is 32.5 Å². The molecule has 2 amide bonds. The first-order valence-corrected chi connectivity index (χ1v) is 6.57. The summed E-state index contributed by atoms with van der Waals surface area (Å²) in [5.74, 6) is -0.182. The summed E-state index contributed by atoms with van der Waals surface area (Å²) in [6.07, 6.45) is 2.33. The zero-order valence-corrected chi connectivity index (χ0v) is 12.1. The maximum Gasteiger partial charge on any atom is 0.249 e. The first-order chi connectivity index (χ1) is 8.67. The van der Waals surface area contributed by atoms with E-state index in [0.717, 1.165) is 12.8 Å². The Morgan fingerprint density at radius 2 is 2.00 bits per heavy atom. The predicted molar refractivity (Wildman–Crippen MR) is 75.1 cm³/mol. The van der Waals surface area contributed by atoms with Gasteiger partial charge in [-0.15, -0.1) is 12.4 Å². The molecule has 112 valence electrons. The predicted octanol–water partition coefficient (Wildman–Crippen LogP) is -0.0530. The van der Waals surface area contributed by atoms with Crippen LogP contribution >= 0.6 is 12.4 Å². The number of nitrogens with one attached hydrogen (secondary N) is 2. The van der Waals surface area contributed by atoms with Crippen LogP contribution in [0.2, 0.25) is 0 Å². The lowest BCUT2D eigenvalue weighted by Crippen LogP contribution is -2.37. The molecule has 0 bridgehead atoms. The second kappa shape index (κ2) is 10.00. The van der Waals surface area contributed by atoms with Gasteiger partial charge in [0.1, 0.15) is 6.10 Å². The summed E-state index contributed by atoms with van der Waals surface area (Å²) in [5.41, 5.74) is 5.47. The van der Waals surface area contributed by atoms with Crippen molar-refractivity contribution in [3.05, 3.63) is 0 Å². The van der Waals surface area contributed by atoms with Crippen LogP contribution < -0.4 is 16.4 Å². The molecule has 0 radical (unpaired) electrons. The normalized spacial score (nSPS) is 21.6. The van der Waals surface area contributed by atoms with Crippen LogP contribution in [0.15, 0.2) is 0 Å². The minimum atomic E-state index is -0.405. The van der Waals surface area contributed by atoms with Crippen molar-refractivity contribution in [1.29, 1.82) is 0 Å². The Balaban J connectivity index is 0.00000324. The van der Waals surface area contributed by atoms with E-state index in [4.69, 9.17) is 10.5 Å². The maximum atomic E-state index is 11.7. The molecule has 1 heterocycles. The third-order valence-electron chi connectivity index (χ3n) is 2.89. The van der Waals surface area contributed by atoms with Gasteiger partial charge in [0.05, 0.1) is 6.10 Å². The summed E-state index contributed by atoms with van der Waals surface area (Å²) < 4.78 is 5.46. The van der Waals surface area contributed by atoms with Gasteiger partial charge in [-0.05, 0) is 19.3 Å². The number of rotatable bonds is 7. The Morgan fingerprint density at radius 3 is 2.58 bits per heavy atom. The monoisotopic (exact) mass is 293 g/mol. The average Bonchev–Trinajstić information content (AvgIpc) is 2.85. The van der Waals surface area contributed by atoms with Crippen molar-refractivity contribution in [2.45, 2.75) is 44.8 Å². The lowest BCUT2D eigenvalue weighted by atomic mass is 10.2. The van der Waals surface area contributed by atoms with Gasteiger partial charge < -0.3 is 21.1 Å². The second-order valence-electron chi connectivity index (χ2n) is 4.45. The van der Waals surface area contributed by atoms with E-state index < -0.39 is 6.10 Å². The molecule has 0 saturated carbocycles. The number of hydrogen-bond acceptors (Lipinski definition) is 4. The van der Waals surface area contributed by atoms with Gasteiger partial charge in [0.25, 0.3) is 0 Å². The number of nitrogens with two attached hydrogens (primary N) is 1. The molecule has 1 rings (SSSR count). The molecular weight excluding hydrogens is 270 g/mol. The van der Waals surface area contributed by atoms with Crippen LogP contribution in [0, 0.1) is 0 Å². The molecule has 1 aliphatic rings. The highest BCUT2D eigenvalue weighted by Crippen LogP contribution is 2.18. The number of amides is 2. The smallest absolute Gasteiger partial charge is 0.249 e. The highest BCUT2D eigenvalue weighted by atomic mass is 35.5.